The van der Waals surface area contributed by atoms with E-state index < -0.39 is 17.8 Å². The third-order valence-corrected chi connectivity index (χ3v) is 9.69. The van der Waals surface area contributed by atoms with Crippen LogP contribution < -0.4 is 5.32 Å². The van der Waals surface area contributed by atoms with Crippen molar-refractivity contribution in [2.75, 3.05) is 165 Å². The zero-order valence-electron chi connectivity index (χ0n) is 39.4. The Balaban J connectivity index is 0.911. The van der Waals surface area contributed by atoms with Crippen LogP contribution >= 0.6 is 0 Å². The number of ether oxygens (including phenoxy) is 13. The summed E-state index contributed by atoms with van der Waals surface area (Å²) in [6.45, 7) is 11.1. The number of hydrogen-bond acceptors (Lipinski definition) is 18. The smallest absolute Gasteiger partial charge is 0.335 e. The molecule has 1 aromatic rings. The number of nitrogens with one attached hydrogen (secondary N) is 1. The zero-order chi connectivity index (χ0) is 47.5. The monoisotopic (exact) mass is 957 g/mol. The van der Waals surface area contributed by atoms with Crippen molar-refractivity contribution >= 4 is 23.7 Å². The molecule has 0 radical (unpaired) electrons. The number of amides is 3. The Bertz CT molecular complexity index is 1420. The molecule has 1 atom stereocenters. The quantitative estimate of drug-likeness (QED) is 0.0566. The van der Waals surface area contributed by atoms with Crippen LogP contribution in [0.25, 0.3) is 0 Å². The van der Waals surface area contributed by atoms with Crippen molar-refractivity contribution < 1.29 is 85.6 Å². The molecule has 3 amide bonds. The molecule has 1 saturated heterocycles. The first kappa shape index (κ1) is 57.8. The molecule has 1 N–H and O–H groups in total. The topological polar surface area (TPSA) is 213 Å². The Morgan fingerprint density at radius 3 is 1.31 bits per heavy atom. The lowest BCUT2D eigenvalue weighted by atomic mass is 10.0. The van der Waals surface area contributed by atoms with Gasteiger partial charge in [0, 0.05) is 24.9 Å². The summed E-state index contributed by atoms with van der Waals surface area (Å²) >= 11 is 0. The van der Waals surface area contributed by atoms with Crippen LogP contribution in [0.15, 0.2) is 36.4 Å². The van der Waals surface area contributed by atoms with Crippen molar-refractivity contribution in [3.05, 3.63) is 47.5 Å². The molecule has 0 bridgehead atoms. The molecule has 1 heterocycles. The Morgan fingerprint density at radius 1 is 0.493 bits per heavy atom. The van der Waals surface area contributed by atoms with Crippen molar-refractivity contribution in [2.45, 2.75) is 64.1 Å². The van der Waals surface area contributed by atoms with Crippen LogP contribution in [0.5, 0.6) is 0 Å². The van der Waals surface area contributed by atoms with Gasteiger partial charge in [-0.15, -0.1) is 5.06 Å². The highest BCUT2D eigenvalue weighted by molar-refractivity contribution is 6.01. The Morgan fingerprint density at radius 2 is 0.881 bits per heavy atom. The Hall–Kier alpha value is -3.48. The number of carbonyl (C=O) groups excluding carboxylic acids is 4. The van der Waals surface area contributed by atoms with Gasteiger partial charge in [0.05, 0.1) is 178 Å². The maximum absolute atomic E-state index is 12.5. The molecule has 3 rings (SSSR count). The lowest BCUT2D eigenvalue weighted by molar-refractivity contribution is -0.198. The summed E-state index contributed by atoms with van der Waals surface area (Å²) in [6.07, 6.45) is 10.3. The fourth-order valence-corrected chi connectivity index (χ4v) is 6.08. The number of carbonyl (C=O) groups is 4. The molecule has 382 valence electrons. The molecule has 1 aliphatic heterocycles. The highest BCUT2D eigenvalue weighted by Crippen LogP contribution is 2.18. The van der Waals surface area contributed by atoms with E-state index >= 15 is 0 Å². The minimum absolute atomic E-state index is 0.0545. The molecular weight excluding hydrogens is 881 g/mol. The van der Waals surface area contributed by atoms with Gasteiger partial charge in [0.1, 0.15) is 0 Å². The van der Waals surface area contributed by atoms with Gasteiger partial charge in [-0.1, -0.05) is 24.3 Å². The first-order chi connectivity index (χ1) is 33.0. The van der Waals surface area contributed by atoms with E-state index in [1.807, 2.05) is 24.3 Å². The third kappa shape index (κ3) is 32.1. The first-order valence-electron chi connectivity index (χ1n) is 23.7. The van der Waals surface area contributed by atoms with E-state index in [0.717, 1.165) is 37.7 Å². The molecular formula is C47H76N2O18. The van der Waals surface area contributed by atoms with Crippen LogP contribution in [0, 0.1) is 0 Å². The number of hydrogen-bond donors (Lipinski definition) is 1. The molecule has 0 spiro atoms. The van der Waals surface area contributed by atoms with E-state index in [1.54, 1.807) is 0 Å². The van der Waals surface area contributed by atoms with Crippen LogP contribution in [-0.2, 0) is 87.4 Å². The molecule has 67 heavy (non-hydrogen) atoms. The molecule has 20 heteroatoms. The van der Waals surface area contributed by atoms with Crippen molar-refractivity contribution in [1.82, 2.24) is 10.4 Å². The fraction of sp³-hybridized carbons (Fsp3) is 0.745. The van der Waals surface area contributed by atoms with Gasteiger partial charge < -0.3 is 71.7 Å². The van der Waals surface area contributed by atoms with Gasteiger partial charge in [-0.05, 0) is 49.8 Å². The minimum Gasteiger partial charge on any atom is -0.378 e. The standard InChI is InChI=1S/C47H76N2O18/c50-44-12-13-45(51)49(44)67-46(52)14-16-54-18-20-56-22-24-58-26-28-60-30-32-62-34-36-64-38-39-65-37-35-63-33-31-61-29-27-59-25-23-57-21-19-55-17-15-48-47(53)42-10-8-41(9-11-42)40-66-43-6-4-2-1-3-5-7-43/h1-2,8-11,43H,3-7,12-40H2,(H,48,53)/b2-1-. The summed E-state index contributed by atoms with van der Waals surface area (Å²) < 4.78 is 71.8. The minimum atomic E-state index is -0.703. The second-order valence-corrected chi connectivity index (χ2v) is 15.0. The molecule has 1 fully saturated rings. The van der Waals surface area contributed by atoms with E-state index in [9.17, 15) is 19.2 Å². The van der Waals surface area contributed by atoms with Gasteiger partial charge in [0.25, 0.3) is 17.7 Å². The summed E-state index contributed by atoms with van der Waals surface area (Å²) in [5.74, 6) is -1.86. The molecule has 1 aromatic carbocycles. The van der Waals surface area contributed by atoms with E-state index in [2.05, 4.69) is 17.5 Å². The number of imide groups is 1. The van der Waals surface area contributed by atoms with Gasteiger partial charge in [-0.3, -0.25) is 14.4 Å². The SMILES string of the molecule is O=C(CCOCCOCCOCCOCCOCCOCCOCCOCCOCCOCCOCCOCCNC(=O)c1ccc(COC2CC/C=C\CCC2)cc1)ON1C(=O)CCC1=O. The maximum Gasteiger partial charge on any atom is 0.335 e. The van der Waals surface area contributed by atoms with Crippen LogP contribution in [-0.4, -0.2) is 200 Å². The number of allylic oxidation sites excluding steroid dienone is 2. The van der Waals surface area contributed by atoms with Crippen LogP contribution in [0.1, 0.15) is 67.3 Å². The van der Waals surface area contributed by atoms with Crippen LogP contribution in [0.3, 0.4) is 0 Å². The van der Waals surface area contributed by atoms with Gasteiger partial charge in [0.15, 0.2) is 0 Å². The maximum atomic E-state index is 12.5. The number of hydroxylamine groups is 2. The molecule has 20 nitrogen and oxygen atoms in total. The summed E-state index contributed by atoms with van der Waals surface area (Å²) in [5.41, 5.74) is 1.68. The van der Waals surface area contributed by atoms with Crippen molar-refractivity contribution in [3.63, 3.8) is 0 Å². The second kappa shape index (κ2) is 41.5. The lowest BCUT2D eigenvalue weighted by Gasteiger charge is -2.18. The van der Waals surface area contributed by atoms with E-state index in [-0.39, 0.29) is 38.4 Å². The molecule has 0 saturated carbocycles. The average molecular weight is 957 g/mol. The molecule has 2 aliphatic rings. The van der Waals surface area contributed by atoms with Gasteiger partial charge >= 0.3 is 5.97 Å². The van der Waals surface area contributed by atoms with Crippen molar-refractivity contribution in [1.29, 1.82) is 0 Å². The highest BCUT2D eigenvalue weighted by atomic mass is 16.7. The normalized spacial score (nSPS) is 15.8. The summed E-state index contributed by atoms with van der Waals surface area (Å²) in [6, 6.07) is 7.58. The van der Waals surface area contributed by atoms with Crippen molar-refractivity contribution in [2.24, 2.45) is 0 Å². The molecule has 0 aromatic heterocycles. The van der Waals surface area contributed by atoms with Gasteiger partial charge in [-0.25, -0.2) is 4.79 Å². The fourth-order valence-electron chi connectivity index (χ4n) is 6.08. The van der Waals surface area contributed by atoms with E-state index in [1.165, 1.54) is 0 Å². The Labute approximate surface area is 395 Å². The van der Waals surface area contributed by atoms with Crippen LogP contribution in [0.4, 0.5) is 0 Å². The van der Waals surface area contributed by atoms with E-state index in [0.29, 0.717) is 175 Å². The largest absolute Gasteiger partial charge is 0.378 e. The summed E-state index contributed by atoms with van der Waals surface area (Å²) in [7, 11) is 0. The Kier molecular flexibility index (Phi) is 35.8. The number of nitrogens with zero attached hydrogens (tertiary/aromatic N) is 1. The highest BCUT2D eigenvalue weighted by Gasteiger charge is 2.32. The predicted octanol–water partition coefficient (Wildman–Crippen LogP) is 3.02. The molecule has 1 aliphatic carbocycles. The molecule has 1 unspecified atom stereocenters. The van der Waals surface area contributed by atoms with Crippen LogP contribution in [0.2, 0.25) is 0 Å². The third-order valence-electron chi connectivity index (χ3n) is 9.69. The second-order valence-electron chi connectivity index (χ2n) is 15.0. The zero-order valence-corrected chi connectivity index (χ0v) is 39.4. The number of rotatable bonds is 44. The number of benzene rings is 1. The summed E-state index contributed by atoms with van der Waals surface area (Å²) in [4.78, 5) is 51.8. The predicted molar refractivity (Wildman–Crippen MR) is 241 cm³/mol. The lowest BCUT2D eigenvalue weighted by Crippen LogP contribution is -2.32. The summed E-state index contributed by atoms with van der Waals surface area (Å²) in [5, 5.41) is 3.40. The van der Waals surface area contributed by atoms with Crippen molar-refractivity contribution in [3.8, 4) is 0 Å². The first-order valence-corrected chi connectivity index (χ1v) is 23.7. The average Bonchev–Trinajstić information content (AvgIpc) is 3.64. The van der Waals surface area contributed by atoms with E-state index in [4.69, 9.17) is 66.4 Å². The van der Waals surface area contributed by atoms with Gasteiger partial charge in [-0.2, -0.15) is 0 Å². The van der Waals surface area contributed by atoms with Gasteiger partial charge in [0.2, 0.25) is 0 Å².